The molecule has 0 aromatic heterocycles. The monoisotopic (exact) mass is 340 g/mol. The Labute approximate surface area is 124 Å². The quantitative estimate of drug-likeness (QED) is 0.720. The molecule has 0 spiro atoms. The minimum absolute atomic E-state index is 0.0824. The Hall–Kier alpha value is -1.19. The first-order chi connectivity index (χ1) is 8.99. The lowest BCUT2D eigenvalue weighted by molar-refractivity contribution is 0.0993. The fourth-order valence-corrected chi connectivity index (χ4v) is 2.44. The van der Waals surface area contributed by atoms with Crippen LogP contribution in [0.4, 0.5) is 4.39 Å². The first-order valence-electron chi connectivity index (χ1n) is 5.71. The molecule has 19 heavy (non-hydrogen) atoms. The van der Waals surface area contributed by atoms with Crippen molar-refractivity contribution < 1.29 is 9.18 Å². The number of ketones is 1. The van der Waals surface area contributed by atoms with Crippen molar-refractivity contribution in [2.75, 3.05) is 0 Å². The molecule has 0 atom stereocenters. The van der Waals surface area contributed by atoms with Crippen LogP contribution in [0.5, 0.6) is 0 Å². The highest BCUT2D eigenvalue weighted by atomic mass is 79.9. The fourth-order valence-electron chi connectivity index (χ4n) is 1.84. The average Bonchev–Trinajstić information content (AvgIpc) is 2.36. The maximum absolute atomic E-state index is 13.0. The summed E-state index contributed by atoms with van der Waals surface area (Å²) in [5.74, 6) is -0.379. The number of benzene rings is 2. The molecular formula is C15H11BrClFO. The van der Waals surface area contributed by atoms with Gasteiger partial charge in [0, 0.05) is 16.5 Å². The van der Waals surface area contributed by atoms with Crippen LogP contribution in [0.1, 0.15) is 21.5 Å². The lowest BCUT2D eigenvalue weighted by atomic mass is 9.99. The minimum atomic E-state index is -0.297. The van der Waals surface area contributed by atoms with E-state index >= 15 is 0 Å². The predicted molar refractivity (Wildman–Crippen MR) is 78.3 cm³/mol. The van der Waals surface area contributed by atoms with Crippen molar-refractivity contribution in [3.63, 3.8) is 0 Å². The van der Waals surface area contributed by atoms with Crippen LogP contribution < -0.4 is 0 Å². The van der Waals surface area contributed by atoms with Gasteiger partial charge in [-0.05, 0) is 58.2 Å². The van der Waals surface area contributed by atoms with E-state index in [1.807, 2.05) is 0 Å². The van der Waals surface area contributed by atoms with Crippen molar-refractivity contribution in [2.24, 2.45) is 0 Å². The first kappa shape index (κ1) is 14.2. The number of halogens is 3. The summed E-state index contributed by atoms with van der Waals surface area (Å²) in [6.07, 6.45) is 0.211. The molecule has 0 unspecified atom stereocenters. The Morgan fingerprint density at radius 3 is 2.74 bits per heavy atom. The van der Waals surface area contributed by atoms with Crippen molar-refractivity contribution >= 4 is 33.3 Å². The number of carbonyl (C=O) groups excluding carboxylic acids is 1. The third kappa shape index (κ3) is 3.23. The Morgan fingerprint density at radius 1 is 1.32 bits per heavy atom. The molecule has 0 saturated carbocycles. The Kier molecular flexibility index (Phi) is 4.38. The van der Waals surface area contributed by atoms with Crippen LogP contribution in [-0.2, 0) is 6.42 Å². The summed E-state index contributed by atoms with van der Waals surface area (Å²) >= 11 is 9.38. The van der Waals surface area contributed by atoms with Crippen molar-refractivity contribution in [1.82, 2.24) is 0 Å². The van der Waals surface area contributed by atoms with Gasteiger partial charge in [-0.25, -0.2) is 4.39 Å². The van der Waals surface area contributed by atoms with Gasteiger partial charge in [-0.1, -0.05) is 23.7 Å². The number of carbonyl (C=O) groups is 1. The molecule has 2 aromatic rings. The molecule has 0 aliphatic heterocycles. The Balaban J connectivity index is 2.28. The van der Waals surface area contributed by atoms with E-state index < -0.39 is 0 Å². The maximum atomic E-state index is 13.0. The number of hydrogen-bond donors (Lipinski definition) is 0. The summed E-state index contributed by atoms with van der Waals surface area (Å²) in [6, 6.07) is 9.65. The summed E-state index contributed by atoms with van der Waals surface area (Å²) in [6.45, 7) is 1.79. The van der Waals surface area contributed by atoms with Crippen LogP contribution >= 0.6 is 27.5 Å². The number of aryl methyl sites for hydroxylation is 1. The summed E-state index contributed by atoms with van der Waals surface area (Å²) in [7, 11) is 0. The van der Waals surface area contributed by atoms with E-state index in [-0.39, 0.29) is 18.0 Å². The molecule has 2 rings (SSSR count). The highest BCUT2D eigenvalue weighted by Crippen LogP contribution is 2.27. The molecule has 2 aromatic carbocycles. The van der Waals surface area contributed by atoms with Gasteiger partial charge < -0.3 is 0 Å². The number of rotatable bonds is 3. The molecule has 0 amide bonds. The molecule has 0 aliphatic carbocycles. The predicted octanol–water partition coefficient (Wildman–Crippen LogP) is 4.98. The standard InChI is InChI=1S/C15H11BrClFO/c1-9-7-11(18)6-5-10(9)8-14(19)12-3-2-4-13(16)15(12)17/h2-7H,8H2,1H3. The zero-order valence-electron chi connectivity index (χ0n) is 10.2. The van der Waals surface area contributed by atoms with E-state index in [4.69, 9.17) is 11.6 Å². The van der Waals surface area contributed by atoms with Crippen molar-refractivity contribution in [3.05, 3.63) is 68.4 Å². The zero-order valence-corrected chi connectivity index (χ0v) is 12.6. The zero-order chi connectivity index (χ0) is 14.0. The summed E-state index contributed by atoms with van der Waals surface area (Å²) in [4.78, 5) is 12.2. The molecule has 0 aliphatic rings. The van der Waals surface area contributed by atoms with Crippen molar-refractivity contribution in [3.8, 4) is 0 Å². The molecule has 0 radical (unpaired) electrons. The van der Waals surface area contributed by atoms with Crippen LogP contribution in [0.15, 0.2) is 40.9 Å². The van der Waals surface area contributed by atoms with Crippen LogP contribution in [0.3, 0.4) is 0 Å². The normalized spacial score (nSPS) is 10.5. The van der Waals surface area contributed by atoms with Gasteiger partial charge in [-0.15, -0.1) is 0 Å². The summed E-state index contributed by atoms with van der Waals surface area (Å²) in [5.41, 5.74) is 2.04. The smallest absolute Gasteiger partial charge is 0.168 e. The third-order valence-electron chi connectivity index (χ3n) is 2.91. The van der Waals surface area contributed by atoms with Gasteiger partial charge in [-0.2, -0.15) is 0 Å². The second-order valence-electron chi connectivity index (χ2n) is 4.27. The van der Waals surface area contributed by atoms with E-state index in [9.17, 15) is 9.18 Å². The molecule has 0 N–H and O–H groups in total. The van der Waals surface area contributed by atoms with Crippen LogP contribution in [0.25, 0.3) is 0 Å². The van der Waals surface area contributed by atoms with Crippen molar-refractivity contribution in [2.45, 2.75) is 13.3 Å². The minimum Gasteiger partial charge on any atom is -0.294 e. The lowest BCUT2D eigenvalue weighted by Crippen LogP contribution is -2.06. The van der Waals surface area contributed by atoms with Gasteiger partial charge in [0.1, 0.15) is 5.82 Å². The van der Waals surface area contributed by atoms with Crippen LogP contribution in [-0.4, -0.2) is 5.78 Å². The largest absolute Gasteiger partial charge is 0.294 e. The van der Waals surface area contributed by atoms with Gasteiger partial charge in [0.05, 0.1) is 5.02 Å². The molecular weight excluding hydrogens is 331 g/mol. The molecule has 1 nitrogen and oxygen atoms in total. The van der Waals surface area contributed by atoms with E-state index in [1.165, 1.54) is 12.1 Å². The molecule has 0 bridgehead atoms. The molecule has 4 heteroatoms. The van der Waals surface area contributed by atoms with Crippen LogP contribution in [0, 0.1) is 12.7 Å². The van der Waals surface area contributed by atoms with Gasteiger partial charge in [0.2, 0.25) is 0 Å². The SMILES string of the molecule is Cc1cc(F)ccc1CC(=O)c1cccc(Br)c1Cl. The molecule has 0 heterocycles. The fraction of sp³-hybridized carbons (Fsp3) is 0.133. The first-order valence-corrected chi connectivity index (χ1v) is 6.88. The number of hydrogen-bond acceptors (Lipinski definition) is 1. The second-order valence-corrected chi connectivity index (χ2v) is 5.50. The molecule has 0 fully saturated rings. The summed E-state index contributed by atoms with van der Waals surface area (Å²) < 4.78 is 13.7. The second kappa shape index (κ2) is 5.85. The van der Waals surface area contributed by atoms with Gasteiger partial charge in [0.25, 0.3) is 0 Å². The van der Waals surface area contributed by atoms with E-state index in [2.05, 4.69) is 15.9 Å². The maximum Gasteiger partial charge on any atom is 0.168 e. The molecule has 0 saturated heterocycles. The average molecular weight is 342 g/mol. The van der Waals surface area contributed by atoms with Gasteiger partial charge in [-0.3, -0.25) is 4.79 Å². The highest BCUT2D eigenvalue weighted by Gasteiger charge is 2.14. The van der Waals surface area contributed by atoms with E-state index in [0.717, 1.165) is 11.1 Å². The summed E-state index contributed by atoms with van der Waals surface area (Å²) in [5, 5.41) is 0.410. The lowest BCUT2D eigenvalue weighted by Gasteiger charge is -2.07. The third-order valence-corrected chi connectivity index (χ3v) is 4.20. The number of Topliss-reactive ketones (excluding diaryl/α,β-unsaturated/α-hetero) is 1. The highest BCUT2D eigenvalue weighted by molar-refractivity contribution is 9.10. The van der Waals surface area contributed by atoms with Gasteiger partial charge in [0.15, 0.2) is 5.78 Å². The van der Waals surface area contributed by atoms with Crippen LogP contribution in [0.2, 0.25) is 5.02 Å². The van der Waals surface area contributed by atoms with E-state index in [0.29, 0.717) is 15.1 Å². The van der Waals surface area contributed by atoms with Crippen molar-refractivity contribution in [1.29, 1.82) is 0 Å². The molecule has 98 valence electrons. The topological polar surface area (TPSA) is 17.1 Å². The van der Waals surface area contributed by atoms with E-state index in [1.54, 1.807) is 31.2 Å². The van der Waals surface area contributed by atoms with Gasteiger partial charge >= 0.3 is 0 Å². The Morgan fingerprint density at radius 2 is 2.05 bits per heavy atom. The Bertz CT molecular complexity index is 640.